The number of rotatable bonds is 2. The molecule has 1 unspecified atom stereocenters. The highest BCUT2D eigenvalue weighted by atomic mass is 19.1. The van der Waals surface area contributed by atoms with E-state index in [9.17, 15) is 9.50 Å². The van der Waals surface area contributed by atoms with Crippen LogP contribution in [-0.4, -0.2) is 10.1 Å². The third-order valence-electron chi connectivity index (χ3n) is 2.31. The number of pyridine rings is 1. The number of nitrogens with two attached hydrogens (primary N) is 1. The molecular formula is C12H11FN2O. The van der Waals surface area contributed by atoms with Crippen LogP contribution in [0.25, 0.3) is 0 Å². The number of halogens is 1. The van der Waals surface area contributed by atoms with Crippen molar-refractivity contribution in [3.63, 3.8) is 0 Å². The van der Waals surface area contributed by atoms with E-state index in [1.54, 1.807) is 24.4 Å². The molecule has 3 nitrogen and oxygen atoms in total. The summed E-state index contributed by atoms with van der Waals surface area (Å²) in [7, 11) is 0. The predicted octanol–water partition coefficient (Wildman–Crippen LogP) is 1.88. The highest BCUT2D eigenvalue weighted by molar-refractivity contribution is 5.50. The van der Waals surface area contributed by atoms with Gasteiger partial charge in [-0.2, -0.15) is 0 Å². The van der Waals surface area contributed by atoms with E-state index in [0.29, 0.717) is 11.3 Å². The van der Waals surface area contributed by atoms with Crippen molar-refractivity contribution in [2.75, 3.05) is 5.73 Å². The average molecular weight is 218 g/mol. The van der Waals surface area contributed by atoms with Gasteiger partial charge in [-0.25, -0.2) is 4.39 Å². The van der Waals surface area contributed by atoms with Crippen molar-refractivity contribution in [2.45, 2.75) is 6.10 Å². The van der Waals surface area contributed by atoms with Gasteiger partial charge in [0.25, 0.3) is 0 Å². The molecule has 0 amide bonds. The molecule has 0 radical (unpaired) electrons. The third kappa shape index (κ3) is 2.01. The van der Waals surface area contributed by atoms with Crippen LogP contribution >= 0.6 is 0 Å². The summed E-state index contributed by atoms with van der Waals surface area (Å²) in [5, 5.41) is 10.00. The summed E-state index contributed by atoms with van der Waals surface area (Å²) in [4.78, 5) is 4.02. The summed E-state index contributed by atoms with van der Waals surface area (Å²) in [6.07, 6.45) is 0.653. The molecule has 82 valence electrons. The summed E-state index contributed by atoms with van der Waals surface area (Å²) < 4.78 is 12.8. The van der Waals surface area contributed by atoms with E-state index in [2.05, 4.69) is 4.98 Å². The Morgan fingerprint density at radius 3 is 2.69 bits per heavy atom. The number of hydrogen-bond donors (Lipinski definition) is 2. The molecule has 1 heterocycles. The van der Waals surface area contributed by atoms with Crippen LogP contribution in [0.5, 0.6) is 0 Å². The highest BCUT2D eigenvalue weighted by Crippen LogP contribution is 2.25. The first kappa shape index (κ1) is 10.6. The quantitative estimate of drug-likeness (QED) is 0.757. The Hall–Kier alpha value is -1.94. The Morgan fingerprint density at radius 2 is 2.06 bits per heavy atom. The first-order valence-electron chi connectivity index (χ1n) is 4.82. The first-order valence-corrected chi connectivity index (χ1v) is 4.82. The Balaban J connectivity index is 2.38. The minimum atomic E-state index is -0.929. The van der Waals surface area contributed by atoms with Gasteiger partial charge in [-0.1, -0.05) is 12.1 Å². The Labute approximate surface area is 92.4 Å². The van der Waals surface area contributed by atoms with Crippen LogP contribution in [0.4, 0.5) is 10.1 Å². The molecule has 1 aromatic heterocycles. The lowest BCUT2D eigenvalue weighted by Crippen LogP contribution is -2.05. The fourth-order valence-corrected chi connectivity index (χ4v) is 1.49. The maximum Gasteiger partial charge on any atom is 0.125 e. The summed E-state index contributed by atoms with van der Waals surface area (Å²) in [6.45, 7) is 0. The molecule has 0 saturated heterocycles. The van der Waals surface area contributed by atoms with Gasteiger partial charge in [0.05, 0.1) is 5.69 Å². The van der Waals surface area contributed by atoms with E-state index in [0.717, 1.165) is 0 Å². The van der Waals surface area contributed by atoms with E-state index < -0.39 is 11.9 Å². The standard InChI is InChI=1S/C12H11FN2O/c13-8-4-5-9(10(14)7-8)12(16)11-3-1-2-6-15-11/h1-7,12,16H,14H2. The number of anilines is 1. The molecule has 0 bridgehead atoms. The van der Waals surface area contributed by atoms with Gasteiger partial charge in [0.2, 0.25) is 0 Å². The van der Waals surface area contributed by atoms with E-state index in [1.165, 1.54) is 18.2 Å². The van der Waals surface area contributed by atoms with Crippen LogP contribution < -0.4 is 5.73 Å². The lowest BCUT2D eigenvalue weighted by atomic mass is 10.0. The van der Waals surface area contributed by atoms with Crippen molar-refractivity contribution in [2.24, 2.45) is 0 Å². The fourth-order valence-electron chi connectivity index (χ4n) is 1.49. The molecule has 0 aliphatic heterocycles. The largest absolute Gasteiger partial charge is 0.398 e. The second-order valence-electron chi connectivity index (χ2n) is 3.43. The van der Waals surface area contributed by atoms with Gasteiger partial charge in [0.1, 0.15) is 11.9 Å². The molecule has 3 N–H and O–H groups in total. The van der Waals surface area contributed by atoms with Crippen molar-refractivity contribution < 1.29 is 9.50 Å². The van der Waals surface area contributed by atoms with E-state index in [1.807, 2.05) is 0 Å². The topological polar surface area (TPSA) is 59.1 Å². The first-order chi connectivity index (χ1) is 7.68. The van der Waals surface area contributed by atoms with Crippen LogP contribution in [0.3, 0.4) is 0 Å². The number of aliphatic hydroxyl groups excluding tert-OH is 1. The second kappa shape index (κ2) is 4.28. The van der Waals surface area contributed by atoms with Gasteiger partial charge in [0, 0.05) is 17.4 Å². The summed E-state index contributed by atoms with van der Waals surface area (Å²) >= 11 is 0. The zero-order valence-corrected chi connectivity index (χ0v) is 8.47. The van der Waals surface area contributed by atoms with Crippen LogP contribution in [-0.2, 0) is 0 Å². The number of nitrogens with zero attached hydrogens (tertiary/aromatic N) is 1. The molecule has 0 saturated carbocycles. The molecule has 1 atom stereocenters. The smallest absolute Gasteiger partial charge is 0.125 e. The van der Waals surface area contributed by atoms with E-state index in [-0.39, 0.29) is 5.69 Å². The van der Waals surface area contributed by atoms with Gasteiger partial charge < -0.3 is 10.8 Å². The Morgan fingerprint density at radius 1 is 1.25 bits per heavy atom. The number of hydrogen-bond acceptors (Lipinski definition) is 3. The van der Waals surface area contributed by atoms with Gasteiger partial charge in [0.15, 0.2) is 0 Å². The normalized spacial score (nSPS) is 12.4. The summed E-state index contributed by atoms with van der Waals surface area (Å²) in [5.41, 5.74) is 6.80. The second-order valence-corrected chi connectivity index (χ2v) is 3.43. The minimum Gasteiger partial charge on any atom is -0.398 e. The van der Waals surface area contributed by atoms with Gasteiger partial charge in [-0.15, -0.1) is 0 Å². The van der Waals surface area contributed by atoms with Crippen molar-refractivity contribution in [1.82, 2.24) is 4.98 Å². The van der Waals surface area contributed by atoms with Crippen molar-refractivity contribution in [3.05, 3.63) is 59.7 Å². The van der Waals surface area contributed by atoms with Crippen molar-refractivity contribution in [3.8, 4) is 0 Å². The number of aromatic nitrogens is 1. The van der Waals surface area contributed by atoms with Crippen molar-refractivity contribution >= 4 is 5.69 Å². The minimum absolute atomic E-state index is 0.221. The maximum atomic E-state index is 12.8. The molecule has 0 aliphatic rings. The molecule has 2 aromatic rings. The SMILES string of the molecule is Nc1cc(F)ccc1C(O)c1ccccn1. The fraction of sp³-hybridized carbons (Fsp3) is 0.0833. The van der Waals surface area contributed by atoms with Gasteiger partial charge in [-0.3, -0.25) is 4.98 Å². The Bertz CT molecular complexity index is 488. The maximum absolute atomic E-state index is 12.8. The predicted molar refractivity (Wildman–Crippen MR) is 59.1 cm³/mol. The highest BCUT2D eigenvalue weighted by Gasteiger charge is 2.14. The van der Waals surface area contributed by atoms with Crippen LogP contribution in [0.2, 0.25) is 0 Å². The zero-order valence-electron chi connectivity index (χ0n) is 8.47. The van der Waals surface area contributed by atoms with Gasteiger partial charge >= 0.3 is 0 Å². The summed E-state index contributed by atoms with van der Waals surface area (Å²) in [5.74, 6) is -0.422. The molecule has 4 heteroatoms. The monoisotopic (exact) mass is 218 g/mol. The number of nitrogen functional groups attached to an aromatic ring is 1. The van der Waals surface area contributed by atoms with Crippen LogP contribution in [0.15, 0.2) is 42.6 Å². The molecule has 2 rings (SSSR count). The molecule has 0 aliphatic carbocycles. The molecule has 0 spiro atoms. The molecule has 0 fully saturated rings. The lowest BCUT2D eigenvalue weighted by Gasteiger charge is -2.12. The average Bonchev–Trinajstić information content (AvgIpc) is 2.29. The van der Waals surface area contributed by atoms with E-state index in [4.69, 9.17) is 5.73 Å². The Kier molecular flexibility index (Phi) is 2.83. The van der Waals surface area contributed by atoms with Crippen LogP contribution in [0.1, 0.15) is 17.4 Å². The van der Waals surface area contributed by atoms with Crippen LogP contribution in [0, 0.1) is 5.82 Å². The molecule has 1 aromatic carbocycles. The van der Waals surface area contributed by atoms with E-state index >= 15 is 0 Å². The summed E-state index contributed by atoms with van der Waals surface area (Å²) in [6, 6.07) is 9.12. The number of benzene rings is 1. The number of aliphatic hydroxyl groups is 1. The molecular weight excluding hydrogens is 207 g/mol. The zero-order chi connectivity index (χ0) is 11.5. The lowest BCUT2D eigenvalue weighted by molar-refractivity contribution is 0.216. The van der Waals surface area contributed by atoms with Crippen molar-refractivity contribution in [1.29, 1.82) is 0 Å². The van der Waals surface area contributed by atoms with Gasteiger partial charge in [-0.05, 0) is 24.3 Å². The molecule has 16 heavy (non-hydrogen) atoms. The third-order valence-corrected chi connectivity index (χ3v) is 2.31.